The molecule has 3 aromatic rings. The van der Waals surface area contributed by atoms with E-state index in [-0.39, 0.29) is 12.1 Å². The molecule has 3 aromatic heterocycles. The van der Waals surface area contributed by atoms with Crippen LogP contribution < -0.4 is 0 Å². The van der Waals surface area contributed by atoms with Gasteiger partial charge in [0.15, 0.2) is 5.17 Å². The summed E-state index contributed by atoms with van der Waals surface area (Å²) in [5.41, 5.74) is 2.22. The predicted molar refractivity (Wildman–Crippen MR) is 99.9 cm³/mol. The molecule has 0 saturated carbocycles. The molecular formula is C19H17N5S. The molecule has 2 aliphatic rings. The maximum Gasteiger partial charge on any atom is 0.160 e. The standard InChI is InChI=1S/C19H17N5S/c1-3-9-20-14(6-1)17-18(24-12-13-25-19(24)22-17)15-7-5-11-23(15)16-8-2-4-10-21-16/h1-11,17-18H,12-13H2/t17-,18+/m0/s1. The van der Waals surface area contributed by atoms with E-state index in [4.69, 9.17) is 4.99 Å². The zero-order valence-corrected chi connectivity index (χ0v) is 14.4. The van der Waals surface area contributed by atoms with Gasteiger partial charge < -0.3 is 9.47 Å². The lowest BCUT2D eigenvalue weighted by molar-refractivity contribution is 0.322. The smallest absolute Gasteiger partial charge is 0.160 e. The van der Waals surface area contributed by atoms with Crippen molar-refractivity contribution in [2.75, 3.05) is 12.3 Å². The first-order chi connectivity index (χ1) is 12.4. The highest BCUT2D eigenvalue weighted by Gasteiger charge is 2.42. The summed E-state index contributed by atoms with van der Waals surface area (Å²) in [5, 5.41) is 1.13. The molecule has 0 aliphatic carbocycles. The maximum atomic E-state index is 5.00. The van der Waals surface area contributed by atoms with Crippen molar-refractivity contribution >= 4 is 16.9 Å². The molecule has 2 atom stereocenters. The summed E-state index contributed by atoms with van der Waals surface area (Å²) in [4.78, 5) is 16.5. The number of fused-ring (bicyclic) bond motifs is 1. The molecule has 0 radical (unpaired) electrons. The Labute approximate surface area is 150 Å². The zero-order valence-electron chi connectivity index (χ0n) is 13.6. The van der Waals surface area contributed by atoms with Gasteiger partial charge in [-0.15, -0.1) is 0 Å². The monoisotopic (exact) mass is 347 g/mol. The van der Waals surface area contributed by atoms with Gasteiger partial charge >= 0.3 is 0 Å². The van der Waals surface area contributed by atoms with Crippen molar-refractivity contribution in [3.05, 3.63) is 78.5 Å². The Hall–Kier alpha value is -2.60. The molecular weight excluding hydrogens is 330 g/mol. The van der Waals surface area contributed by atoms with Gasteiger partial charge in [0.05, 0.1) is 11.7 Å². The summed E-state index contributed by atoms with van der Waals surface area (Å²) in [6.45, 7) is 1.02. The summed E-state index contributed by atoms with van der Waals surface area (Å²) in [7, 11) is 0. The second-order valence-electron chi connectivity index (χ2n) is 6.09. The zero-order chi connectivity index (χ0) is 16.6. The van der Waals surface area contributed by atoms with Gasteiger partial charge in [0.25, 0.3) is 0 Å². The highest BCUT2D eigenvalue weighted by Crippen LogP contribution is 2.46. The van der Waals surface area contributed by atoms with E-state index in [0.717, 1.165) is 29.0 Å². The minimum Gasteiger partial charge on any atom is -0.339 e. The SMILES string of the molecule is c1ccc([C@@H]2N=C3SCCN3[C@@H]2c2cccn2-c2ccccn2)nc1. The fourth-order valence-electron chi connectivity index (χ4n) is 3.58. The molecule has 6 heteroatoms. The van der Waals surface area contributed by atoms with E-state index in [1.165, 1.54) is 5.69 Å². The summed E-state index contributed by atoms with van der Waals surface area (Å²) in [5.74, 6) is 2.02. The number of hydrogen-bond donors (Lipinski definition) is 0. The fourth-order valence-corrected chi connectivity index (χ4v) is 4.61. The van der Waals surface area contributed by atoms with Crippen molar-refractivity contribution in [2.24, 2.45) is 4.99 Å². The van der Waals surface area contributed by atoms with E-state index in [9.17, 15) is 0 Å². The first-order valence-corrected chi connectivity index (χ1v) is 9.37. The van der Waals surface area contributed by atoms with Gasteiger partial charge in [-0.05, 0) is 36.4 Å². The molecule has 25 heavy (non-hydrogen) atoms. The summed E-state index contributed by atoms with van der Waals surface area (Å²) in [6, 6.07) is 16.5. The average Bonchev–Trinajstić information content (AvgIpc) is 3.38. The van der Waals surface area contributed by atoms with E-state index < -0.39 is 0 Å². The van der Waals surface area contributed by atoms with Crippen molar-refractivity contribution < 1.29 is 0 Å². The minimum atomic E-state index is 0.0152. The van der Waals surface area contributed by atoms with Crippen LogP contribution in [-0.4, -0.2) is 36.9 Å². The number of amidine groups is 1. The number of pyridine rings is 2. The van der Waals surface area contributed by atoms with Crippen LogP contribution in [0.4, 0.5) is 0 Å². The summed E-state index contributed by atoms with van der Waals surface area (Å²) < 4.78 is 2.17. The van der Waals surface area contributed by atoms with E-state index in [1.807, 2.05) is 54.5 Å². The van der Waals surface area contributed by atoms with Crippen LogP contribution in [0.2, 0.25) is 0 Å². The van der Waals surface area contributed by atoms with E-state index >= 15 is 0 Å². The van der Waals surface area contributed by atoms with Crippen LogP contribution in [-0.2, 0) is 0 Å². The number of aliphatic imine (C=N–C) groups is 1. The van der Waals surface area contributed by atoms with E-state index in [0.29, 0.717) is 0 Å². The van der Waals surface area contributed by atoms with Crippen LogP contribution in [0.25, 0.3) is 5.82 Å². The number of aromatic nitrogens is 3. The fraction of sp³-hybridized carbons (Fsp3) is 0.211. The Morgan fingerprint density at radius 3 is 2.64 bits per heavy atom. The third-order valence-electron chi connectivity index (χ3n) is 4.66. The van der Waals surface area contributed by atoms with Gasteiger partial charge in [0, 0.05) is 36.6 Å². The first kappa shape index (κ1) is 14.7. The number of nitrogens with zero attached hydrogens (tertiary/aromatic N) is 5. The highest BCUT2D eigenvalue weighted by molar-refractivity contribution is 8.14. The Morgan fingerprint density at radius 2 is 1.84 bits per heavy atom. The van der Waals surface area contributed by atoms with Crippen LogP contribution >= 0.6 is 11.8 Å². The van der Waals surface area contributed by atoms with Gasteiger partial charge in [-0.25, -0.2) is 4.98 Å². The van der Waals surface area contributed by atoms with E-state index in [1.54, 1.807) is 0 Å². The Kier molecular flexibility index (Phi) is 3.56. The van der Waals surface area contributed by atoms with Crippen molar-refractivity contribution in [1.29, 1.82) is 0 Å². The Bertz CT molecular complexity index is 906. The van der Waals surface area contributed by atoms with Gasteiger partial charge in [0.1, 0.15) is 11.9 Å². The molecule has 124 valence electrons. The summed E-state index contributed by atoms with van der Waals surface area (Å²) in [6.07, 6.45) is 5.76. The van der Waals surface area contributed by atoms with Gasteiger partial charge in [0.2, 0.25) is 0 Å². The second kappa shape index (κ2) is 6.04. The van der Waals surface area contributed by atoms with Crippen LogP contribution in [0.1, 0.15) is 23.5 Å². The topological polar surface area (TPSA) is 46.3 Å². The van der Waals surface area contributed by atoms with Crippen molar-refractivity contribution in [1.82, 2.24) is 19.4 Å². The molecule has 5 nitrogen and oxygen atoms in total. The molecule has 0 spiro atoms. The summed E-state index contributed by atoms with van der Waals surface area (Å²) >= 11 is 1.84. The molecule has 5 heterocycles. The molecule has 0 bridgehead atoms. The highest BCUT2D eigenvalue weighted by atomic mass is 32.2. The second-order valence-corrected chi connectivity index (χ2v) is 7.15. The average molecular weight is 347 g/mol. The molecule has 0 N–H and O–H groups in total. The van der Waals surface area contributed by atoms with Crippen molar-refractivity contribution in [3.8, 4) is 5.82 Å². The molecule has 0 unspecified atom stereocenters. The quantitative estimate of drug-likeness (QED) is 0.728. The maximum absolute atomic E-state index is 5.00. The minimum absolute atomic E-state index is 0.0152. The lowest BCUT2D eigenvalue weighted by Gasteiger charge is -2.27. The van der Waals surface area contributed by atoms with Gasteiger partial charge in [-0.2, -0.15) is 0 Å². The van der Waals surface area contributed by atoms with Gasteiger partial charge in [-0.1, -0.05) is 23.9 Å². The Balaban J connectivity index is 1.62. The third-order valence-corrected chi connectivity index (χ3v) is 5.65. The molecule has 5 rings (SSSR count). The predicted octanol–water partition coefficient (Wildman–Crippen LogP) is 3.47. The third kappa shape index (κ3) is 2.44. The largest absolute Gasteiger partial charge is 0.339 e. The molecule has 0 amide bonds. The van der Waals surface area contributed by atoms with Crippen molar-refractivity contribution in [3.63, 3.8) is 0 Å². The molecule has 1 fully saturated rings. The number of thioether (sulfide) groups is 1. The first-order valence-electron chi connectivity index (χ1n) is 8.39. The van der Waals surface area contributed by atoms with Crippen molar-refractivity contribution in [2.45, 2.75) is 12.1 Å². The molecule has 0 aromatic carbocycles. The van der Waals surface area contributed by atoms with Crippen LogP contribution in [0.3, 0.4) is 0 Å². The van der Waals surface area contributed by atoms with Crippen LogP contribution in [0.15, 0.2) is 72.1 Å². The lowest BCUT2D eigenvalue weighted by atomic mass is 10.0. The molecule has 2 aliphatic heterocycles. The number of rotatable bonds is 3. The number of hydrogen-bond acceptors (Lipinski definition) is 5. The lowest BCUT2D eigenvalue weighted by Crippen LogP contribution is -2.29. The van der Waals surface area contributed by atoms with Gasteiger partial charge in [-0.3, -0.25) is 9.98 Å². The van der Waals surface area contributed by atoms with Crippen LogP contribution in [0.5, 0.6) is 0 Å². The Morgan fingerprint density at radius 1 is 0.960 bits per heavy atom. The molecule has 1 saturated heterocycles. The van der Waals surface area contributed by atoms with Crippen LogP contribution in [0, 0.1) is 0 Å². The van der Waals surface area contributed by atoms with E-state index in [2.05, 4.69) is 43.8 Å². The normalized spacial score (nSPS) is 22.1.